The first-order chi connectivity index (χ1) is 14.1. The lowest BCUT2D eigenvalue weighted by Crippen LogP contribution is -2.51. The molecule has 1 aliphatic carbocycles. The highest BCUT2D eigenvalue weighted by Gasteiger charge is 2.39. The smallest absolute Gasteiger partial charge is 0.249 e. The predicted molar refractivity (Wildman–Crippen MR) is 112 cm³/mol. The molecule has 1 aliphatic heterocycles. The van der Waals surface area contributed by atoms with Gasteiger partial charge < -0.3 is 14.6 Å². The van der Waals surface area contributed by atoms with Crippen LogP contribution in [0.5, 0.6) is 5.75 Å². The second kappa shape index (κ2) is 8.31. The van der Waals surface area contributed by atoms with Gasteiger partial charge in [0, 0.05) is 17.9 Å². The molecule has 29 heavy (non-hydrogen) atoms. The molecule has 1 unspecified atom stereocenters. The molecule has 0 radical (unpaired) electrons. The van der Waals surface area contributed by atoms with Crippen LogP contribution in [0.15, 0.2) is 42.6 Å². The number of hydrogen-bond acceptors (Lipinski definition) is 3. The molecule has 2 amide bonds. The standard InChI is InChI=1S/C23H29N3O3/c1-3-29-19-12-10-18(11-13-19)26-21(27)15-25-14-4-5-20(25)22(26)23(28)24-17-8-6-16(2)7-9-17/h4-5,10-14,16-17,22H,3,6-9,15H2,1-2H3,(H,24,28). The fourth-order valence-corrected chi connectivity index (χ4v) is 4.42. The first-order valence-electron chi connectivity index (χ1n) is 10.6. The van der Waals surface area contributed by atoms with Gasteiger partial charge >= 0.3 is 0 Å². The largest absolute Gasteiger partial charge is 0.494 e. The van der Waals surface area contributed by atoms with Crippen LogP contribution in [0.3, 0.4) is 0 Å². The normalized spacial score (nSPS) is 24.1. The van der Waals surface area contributed by atoms with Crippen LogP contribution in [-0.2, 0) is 16.1 Å². The van der Waals surface area contributed by atoms with Gasteiger partial charge in [-0.2, -0.15) is 0 Å². The lowest BCUT2D eigenvalue weighted by Gasteiger charge is -2.37. The zero-order valence-corrected chi connectivity index (χ0v) is 17.1. The molecule has 0 saturated heterocycles. The van der Waals surface area contributed by atoms with Gasteiger partial charge in [-0.1, -0.05) is 6.92 Å². The molecule has 6 heteroatoms. The molecule has 154 valence electrons. The molecule has 2 aromatic rings. The van der Waals surface area contributed by atoms with Crippen molar-refractivity contribution >= 4 is 17.5 Å². The van der Waals surface area contributed by atoms with E-state index in [0.29, 0.717) is 12.3 Å². The molecule has 1 aromatic carbocycles. The molecular formula is C23H29N3O3. The summed E-state index contributed by atoms with van der Waals surface area (Å²) in [7, 11) is 0. The van der Waals surface area contributed by atoms with Crippen molar-refractivity contribution in [3.05, 3.63) is 48.3 Å². The lowest BCUT2D eigenvalue weighted by atomic mass is 9.87. The average Bonchev–Trinajstić information content (AvgIpc) is 3.17. The van der Waals surface area contributed by atoms with E-state index in [1.54, 1.807) is 4.90 Å². The van der Waals surface area contributed by atoms with E-state index in [-0.39, 0.29) is 24.4 Å². The Hall–Kier alpha value is -2.76. The Labute approximate surface area is 171 Å². The minimum atomic E-state index is -0.663. The molecule has 0 bridgehead atoms. The Morgan fingerprint density at radius 3 is 2.55 bits per heavy atom. The van der Waals surface area contributed by atoms with Gasteiger partial charge in [-0.15, -0.1) is 0 Å². The van der Waals surface area contributed by atoms with E-state index in [2.05, 4.69) is 12.2 Å². The SMILES string of the molecule is CCOc1ccc(N2C(=O)Cn3cccc3C2C(=O)NC2CCC(C)CC2)cc1. The van der Waals surface area contributed by atoms with Crippen molar-refractivity contribution in [2.75, 3.05) is 11.5 Å². The van der Waals surface area contributed by atoms with Gasteiger partial charge in [0.15, 0.2) is 6.04 Å². The Morgan fingerprint density at radius 1 is 1.14 bits per heavy atom. The van der Waals surface area contributed by atoms with Crippen molar-refractivity contribution < 1.29 is 14.3 Å². The van der Waals surface area contributed by atoms with E-state index in [0.717, 1.165) is 43.0 Å². The Balaban J connectivity index is 1.61. The van der Waals surface area contributed by atoms with Gasteiger partial charge in [0.2, 0.25) is 11.8 Å². The van der Waals surface area contributed by atoms with Crippen molar-refractivity contribution in [3.63, 3.8) is 0 Å². The molecule has 4 rings (SSSR count). The molecule has 0 spiro atoms. The van der Waals surface area contributed by atoms with Crippen LogP contribution >= 0.6 is 0 Å². The van der Waals surface area contributed by atoms with Crippen molar-refractivity contribution in [2.24, 2.45) is 5.92 Å². The van der Waals surface area contributed by atoms with E-state index < -0.39 is 6.04 Å². The fourth-order valence-electron chi connectivity index (χ4n) is 4.42. The molecule has 1 N–H and O–H groups in total. The summed E-state index contributed by atoms with van der Waals surface area (Å²) in [6.45, 7) is 5.02. The number of aromatic nitrogens is 1. The number of benzene rings is 1. The molecule has 2 aliphatic rings. The van der Waals surface area contributed by atoms with Crippen molar-refractivity contribution in [1.29, 1.82) is 0 Å². The number of nitrogens with one attached hydrogen (secondary N) is 1. The number of anilines is 1. The molecule has 1 saturated carbocycles. The number of fused-ring (bicyclic) bond motifs is 1. The van der Waals surface area contributed by atoms with E-state index >= 15 is 0 Å². The molecule has 2 heterocycles. The minimum Gasteiger partial charge on any atom is -0.494 e. The quantitative estimate of drug-likeness (QED) is 0.840. The maximum absolute atomic E-state index is 13.4. The maximum Gasteiger partial charge on any atom is 0.249 e. The number of ether oxygens (including phenoxy) is 1. The van der Waals surface area contributed by atoms with Crippen LogP contribution in [0.4, 0.5) is 5.69 Å². The molecule has 1 atom stereocenters. The predicted octanol–water partition coefficient (Wildman–Crippen LogP) is 3.67. The van der Waals surface area contributed by atoms with E-state index in [4.69, 9.17) is 4.74 Å². The summed E-state index contributed by atoms with van der Waals surface area (Å²) in [6, 6.07) is 10.7. The van der Waals surface area contributed by atoms with Gasteiger partial charge in [0.1, 0.15) is 12.3 Å². The average molecular weight is 396 g/mol. The summed E-state index contributed by atoms with van der Waals surface area (Å²) in [5.41, 5.74) is 1.56. The fraction of sp³-hybridized carbons (Fsp3) is 0.478. The Kier molecular flexibility index (Phi) is 5.60. The van der Waals surface area contributed by atoms with Gasteiger partial charge in [-0.3, -0.25) is 14.5 Å². The molecule has 1 aromatic heterocycles. The first kappa shape index (κ1) is 19.6. The number of carbonyl (C=O) groups excluding carboxylic acids is 2. The Morgan fingerprint density at radius 2 is 1.86 bits per heavy atom. The minimum absolute atomic E-state index is 0.0877. The van der Waals surface area contributed by atoms with Crippen molar-refractivity contribution in [3.8, 4) is 5.75 Å². The number of rotatable bonds is 5. The maximum atomic E-state index is 13.4. The second-order valence-corrected chi connectivity index (χ2v) is 8.12. The first-order valence-corrected chi connectivity index (χ1v) is 10.6. The monoisotopic (exact) mass is 395 g/mol. The van der Waals surface area contributed by atoms with E-state index in [1.807, 2.05) is 54.1 Å². The van der Waals surface area contributed by atoms with Gasteiger partial charge in [-0.25, -0.2) is 0 Å². The summed E-state index contributed by atoms with van der Waals surface area (Å²) in [6.07, 6.45) is 6.13. The molecule has 1 fully saturated rings. The van der Waals surface area contributed by atoms with Gasteiger partial charge in [0.05, 0.1) is 12.3 Å². The Bertz CT molecular complexity index is 866. The topological polar surface area (TPSA) is 63.6 Å². The van der Waals surface area contributed by atoms with E-state index in [9.17, 15) is 9.59 Å². The summed E-state index contributed by atoms with van der Waals surface area (Å²) in [5, 5.41) is 3.22. The highest BCUT2D eigenvalue weighted by Crippen LogP contribution is 2.34. The molecular weight excluding hydrogens is 366 g/mol. The lowest BCUT2D eigenvalue weighted by molar-refractivity contribution is -0.128. The third-order valence-corrected chi connectivity index (χ3v) is 6.01. The van der Waals surface area contributed by atoms with E-state index in [1.165, 1.54) is 0 Å². The summed E-state index contributed by atoms with van der Waals surface area (Å²) < 4.78 is 7.39. The summed E-state index contributed by atoms with van der Waals surface area (Å²) in [5.74, 6) is 1.28. The molecule has 6 nitrogen and oxygen atoms in total. The van der Waals surface area contributed by atoms with Crippen LogP contribution in [0.1, 0.15) is 51.3 Å². The van der Waals surface area contributed by atoms with Crippen LogP contribution in [0, 0.1) is 5.92 Å². The highest BCUT2D eigenvalue weighted by atomic mass is 16.5. The van der Waals surface area contributed by atoms with Crippen LogP contribution in [0.25, 0.3) is 0 Å². The van der Waals surface area contributed by atoms with Crippen LogP contribution in [0.2, 0.25) is 0 Å². The van der Waals surface area contributed by atoms with Gasteiger partial charge in [0.25, 0.3) is 0 Å². The van der Waals surface area contributed by atoms with Crippen LogP contribution in [-0.4, -0.2) is 29.0 Å². The van der Waals surface area contributed by atoms with Crippen molar-refractivity contribution in [1.82, 2.24) is 9.88 Å². The third kappa shape index (κ3) is 4.02. The highest BCUT2D eigenvalue weighted by molar-refractivity contribution is 6.02. The zero-order valence-electron chi connectivity index (χ0n) is 17.1. The van der Waals surface area contributed by atoms with Crippen molar-refractivity contribution in [2.45, 2.75) is 58.2 Å². The third-order valence-electron chi connectivity index (χ3n) is 6.01. The number of nitrogens with zero attached hydrogens (tertiary/aromatic N) is 2. The van der Waals surface area contributed by atoms with Crippen LogP contribution < -0.4 is 15.0 Å². The number of hydrogen-bond donors (Lipinski definition) is 1. The van der Waals surface area contributed by atoms with Gasteiger partial charge in [-0.05, 0) is 74.9 Å². The number of carbonyl (C=O) groups is 2. The summed E-state index contributed by atoms with van der Waals surface area (Å²) >= 11 is 0. The summed E-state index contributed by atoms with van der Waals surface area (Å²) in [4.78, 5) is 28.0. The second-order valence-electron chi connectivity index (χ2n) is 8.12. The number of amides is 2. The zero-order chi connectivity index (χ0) is 20.4.